The Hall–Kier alpha value is -0.903. The second-order valence-electron chi connectivity index (χ2n) is 7.94. The fourth-order valence-electron chi connectivity index (χ4n) is 3.55. The van der Waals surface area contributed by atoms with E-state index in [0.717, 1.165) is 19.4 Å². The molecule has 0 aliphatic carbocycles. The molecular formula is C24H42O2Si. The predicted molar refractivity (Wildman–Crippen MR) is 121 cm³/mol. The summed E-state index contributed by atoms with van der Waals surface area (Å²) in [5.74, 6) is 1.01. The van der Waals surface area contributed by atoms with E-state index in [9.17, 15) is 0 Å². The number of rotatable bonds is 14. The Labute approximate surface area is 169 Å². The molecule has 3 heteroatoms. The van der Waals surface area contributed by atoms with Gasteiger partial charge in [-0.2, -0.15) is 0 Å². The van der Waals surface area contributed by atoms with Crippen LogP contribution in [0.5, 0.6) is 0 Å². The lowest BCUT2D eigenvalue weighted by Crippen LogP contribution is -2.41. The van der Waals surface area contributed by atoms with Gasteiger partial charge in [-0.3, -0.25) is 0 Å². The van der Waals surface area contributed by atoms with Crippen LogP contribution in [0.4, 0.5) is 0 Å². The third kappa shape index (κ3) is 8.76. The molecule has 2 nitrogen and oxygen atoms in total. The van der Waals surface area contributed by atoms with Crippen molar-refractivity contribution in [1.82, 2.24) is 0 Å². The molecule has 27 heavy (non-hydrogen) atoms. The molecule has 1 aromatic rings. The summed E-state index contributed by atoms with van der Waals surface area (Å²) in [7, 11) is -1.53. The fourth-order valence-corrected chi connectivity index (χ4v) is 6.58. The van der Waals surface area contributed by atoms with Crippen molar-refractivity contribution in [2.45, 2.75) is 85.2 Å². The normalized spacial score (nSPS) is 15.8. The molecule has 1 rings (SSSR count). The monoisotopic (exact) mass is 390 g/mol. The number of hydrogen-bond acceptors (Lipinski definition) is 2. The Balaban J connectivity index is 2.40. The van der Waals surface area contributed by atoms with Gasteiger partial charge in [0.05, 0.1) is 12.7 Å². The van der Waals surface area contributed by atoms with Gasteiger partial charge < -0.3 is 9.16 Å². The Morgan fingerprint density at radius 3 is 2.15 bits per heavy atom. The summed E-state index contributed by atoms with van der Waals surface area (Å²) in [5, 5.41) is 0. The summed E-state index contributed by atoms with van der Waals surface area (Å²) in [6.07, 6.45) is 7.21. The van der Waals surface area contributed by atoms with E-state index >= 15 is 0 Å². The molecule has 0 bridgehead atoms. The van der Waals surface area contributed by atoms with Gasteiger partial charge in [0.25, 0.3) is 0 Å². The smallest absolute Gasteiger partial charge is 0.192 e. The molecule has 0 amide bonds. The maximum Gasteiger partial charge on any atom is 0.192 e. The first kappa shape index (κ1) is 24.1. The maximum absolute atomic E-state index is 6.73. The average Bonchev–Trinajstić information content (AvgIpc) is 2.70. The predicted octanol–water partition coefficient (Wildman–Crippen LogP) is 7.22. The molecule has 154 valence electrons. The molecule has 0 heterocycles. The number of allylic oxidation sites excluding steroid dienone is 1. The average molecular weight is 391 g/mol. The first-order valence-electron chi connectivity index (χ1n) is 11.0. The van der Waals surface area contributed by atoms with Gasteiger partial charge in [0, 0.05) is 6.61 Å². The standard InChI is InChI=1S/C24H42O2Si/c1-7-24(26-27(8-2,9-3)10-4)22(6)16-14-15-21(5)19-25-20-23-17-12-11-13-18-23/h11-14,16-18,21-22,24H,7-10,15,19-20H2,1-6H3/t21-,22-,24-/m0/s1. The topological polar surface area (TPSA) is 18.5 Å². The van der Waals surface area contributed by atoms with Crippen LogP contribution in [0.15, 0.2) is 42.5 Å². The van der Waals surface area contributed by atoms with Crippen molar-refractivity contribution in [3.63, 3.8) is 0 Å². The Kier molecular flexibility index (Phi) is 11.9. The van der Waals surface area contributed by atoms with Gasteiger partial charge in [-0.15, -0.1) is 0 Å². The van der Waals surface area contributed by atoms with Crippen molar-refractivity contribution < 1.29 is 9.16 Å². The lowest BCUT2D eigenvalue weighted by Gasteiger charge is -2.35. The quantitative estimate of drug-likeness (QED) is 0.246. The highest BCUT2D eigenvalue weighted by Gasteiger charge is 2.32. The SMILES string of the molecule is CC[C@H](O[Si](CC)(CC)CC)[C@@H](C)C=CC[C@H](C)COCc1ccccc1. The second kappa shape index (κ2) is 13.3. The highest BCUT2D eigenvalue weighted by atomic mass is 28.4. The molecular weight excluding hydrogens is 348 g/mol. The molecule has 1 aromatic carbocycles. The van der Waals surface area contributed by atoms with Crippen LogP contribution < -0.4 is 0 Å². The van der Waals surface area contributed by atoms with Gasteiger partial charge >= 0.3 is 0 Å². The van der Waals surface area contributed by atoms with Crippen molar-refractivity contribution in [1.29, 1.82) is 0 Å². The van der Waals surface area contributed by atoms with Gasteiger partial charge in [0.1, 0.15) is 0 Å². The fraction of sp³-hybridized carbons (Fsp3) is 0.667. The third-order valence-corrected chi connectivity index (χ3v) is 10.5. The van der Waals surface area contributed by atoms with Crippen molar-refractivity contribution in [2.24, 2.45) is 11.8 Å². The lowest BCUT2D eigenvalue weighted by molar-refractivity contribution is 0.0928. The van der Waals surface area contributed by atoms with E-state index in [0.29, 0.717) is 24.5 Å². The number of benzene rings is 1. The molecule has 0 aliphatic rings. The molecule has 0 saturated carbocycles. The highest BCUT2D eigenvalue weighted by molar-refractivity contribution is 6.73. The third-order valence-electron chi connectivity index (χ3n) is 5.82. The molecule has 0 aromatic heterocycles. The van der Waals surface area contributed by atoms with Crippen LogP contribution in [0.1, 0.15) is 59.9 Å². The minimum atomic E-state index is -1.53. The maximum atomic E-state index is 6.73. The van der Waals surface area contributed by atoms with Crippen molar-refractivity contribution in [3.05, 3.63) is 48.0 Å². The largest absolute Gasteiger partial charge is 0.413 e. The summed E-state index contributed by atoms with van der Waals surface area (Å²) in [4.78, 5) is 0. The zero-order valence-electron chi connectivity index (χ0n) is 18.5. The zero-order chi connectivity index (χ0) is 20.1. The number of ether oxygens (including phenoxy) is 1. The van der Waals surface area contributed by atoms with Crippen LogP contribution in [0, 0.1) is 11.8 Å². The van der Waals surface area contributed by atoms with Crippen LogP contribution in [-0.2, 0) is 15.8 Å². The van der Waals surface area contributed by atoms with Gasteiger partial charge in [-0.25, -0.2) is 0 Å². The summed E-state index contributed by atoms with van der Waals surface area (Å²) in [5.41, 5.74) is 1.24. The molecule has 3 atom stereocenters. The highest BCUT2D eigenvalue weighted by Crippen LogP contribution is 2.27. The van der Waals surface area contributed by atoms with Crippen molar-refractivity contribution >= 4 is 8.32 Å². The minimum absolute atomic E-state index is 0.359. The molecule has 0 radical (unpaired) electrons. The van der Waals surface area contributed by atoms with E-state index in [1.54, 1.807) is 0 Å². The van der Waals surface area contributed by atoms with Gasteiger partial charge in [0.2, 0.25) is 0 Å². The van der Waals surface area contributed by atoms with E-state index < -0.39 is 8.32 Å². The van der Waals surface area contributed by atoms with Crippen LogP contribution in [0.25, 0.3) is 0 Å². The van der Waals surface area contributed by atoms with Gasteiger partial charge in [0.15, 0.2) is 8.32 Å². The van der Waals surface area contributed by atoms with Crippen molar-refractivity contribution in [2.75, 3.05) is 6.61 Å². The minimum Gasteiger partial charge on any atom is -0.413 e. The van der Waals surface area contributed by atoms with Crippen LogP contribution in [0.2, 0.25) is 18.1 Å². The first-order chi connectivity index (χ1) is 13.0. The Morgan fingerprint density at radius 1 is 0.963 bits per heavy atom. The van der Waals surface area contributed by atoms with E-state index in [1.165, 1.54) is 23.7 Å². The van der Waals surface area contributed by atoms with E-state index in [2.05, 4.69) is 78.0 Å². The van der Waals surface area contributed by atoms with Crippen LogP contribution in [-0.4, -0.2) is 21.0 Å². The van der Waals surface area contributed by atoms with Gasteiger partial charge in [-0.05, 0) is 48.4 Å². The summed E-state index contributed by atoms with van der Waals surface area (Å²) >= 11 is 0. The molecule has 0 unspecified atom stereocenters. The Morgan fingerprint density at radius 2 is 1.59 bits per heavy atom. The van der Waals surface area contributed by atoms with E-state index in [-0.39, 0.29) is 0 Å². The van der Waals surface area contributed by atoms with E-state index in [4.69, 9.17) is 9.16 Å². The zero-order valence-corrected chi connectivity index (χ0v) is 19.5. The first-order valence-corrected chi connectivity index (χ1v) is 13.5. The second-order valence-corrected chi connectivity index (χ2v) is 12.7. The van der Waals surface area contributed by atoms with Crippen molar-refractivity contribution in [3.8, 4) is 0 Å². The van der Waals surface area contributed by atoms with E-state index in [1.807, 2.05) is 6.07 Å². The molecule has 0 aliphatic heterocycles. The summed E-state index contributed by atoms with van der Waals surface area (Å²) in [6, 6.07) is 14.1. The molecule has 0 N–H and O–H groups in total. The van der Waals surface area contributed by atoms with Gasteiger partial charge in [-0.1, -0.05) is 84.0 Å². The van der Waals surface area contributed by atoms with Crippen LogP contribution in [0.3, 0.4) is 0 Å². The molecule has 0 spiro atoms. The number of hydrogen-bond donors (Lipinski definition) is 0. The summed E-state index contributed by atoms with van der Waals surface area (Å²) < 4.78 is 12.6. The molecule has 0 saturated heterocycles. The summed E-state index contributed by atoms with van der Waals surface area (Å²) in [6.45, 7) is 15.3. The molecule has 0 fully saturated rings. The lowest BCUT2D eigenvalue weighted by atomic mass is 10.0. The Bertz CT molecular complexity index is 502. The van der Waals surface area contributed by atoms with Crippen LogP contribution >= 0.6 is 0 Å².